The van der Waals surface area contributed by atoms with Gasteiger partial charge in [0, 0.05) is 17.3 Å². The van der Waals surface area contributed by atoms with Gasteiger partial charge >= 0.3 is 0 Å². The van der Waals surface area contributed by atoms with E-state index in [1.165, 1.54) is 0 Å². The largest absolute Gasteiger partial charge is 0.366 e. The Balaban J connectivity index is 2.11. The highest BCUT2D eigenvalue weighted by atomic mass is 16.1. The summed E-state index contributed by atoms with van der Waals surface area (Å²) in [5.74, 6) is -0.541. The van der Waals surface area contributed by atoms with Crippen LogP contribution in [-0.4, -0.2) is 11.8 Å². The summed E-state index contributed by atoms with van der Waals surface area (Å²) in [6.45, 7) is 7.83. The van der Waals surface area contributed by atoms with Gasteiger partial charge in [-0.3, -0.25) is 9.59 Å². The average molecular weight is 360 g/mol. The molecule has 4 heteroatoms. The van der Waals surface area contributed by atoms with Crippen molar-refractivity contribution in [2.75, 3.05) is 5.32 Å². The maximum atomic E-state index is 12.1. The zero-order valence-electron chi connectivity index (χ0n) is 16.1. The van der Waals surface area contributed by atoms with Crippen molar-refractivity contribution in [2.24, 2.45) is 5.73 Å². The second-order valence-corrected chi connectivity index (χ2v) is 7.16. The minimum absolute atomic E-state index is 0.138. The summed E-state index contributed by atoms with van der Waals surface area (Å²) in [5, 5.41) is 2.96. The number of anilines is 1. The minimum Gasteiger partial charge on any atom is -0.366 e. The van der Waals surface area contributed by atoms with Crippen molar-refractivity contribution >= 4 is 23.1 Å². The molecule has 0 heterocycles. The first-order valence-corrected chi connectivity index (χ1v) is 8.98. The van der Waals surface area contributed by atoms with E-state index in [4.69, 9.17) is 5.73 Å². The summed E-state index contributed by atoms with van der Waals surface area (Å²) in [5.41, 5.74) is 14.1. The summed E-state index contributed by atoms with van der Waals surface area (Å²) in [6, 6.07) is 9.62. The third-order valence-electron chi connectivity index (χ3n) is 4.89. The topological polar surface area (TPSA) is 72.2 Å². The van der Waals surface area contributed by atoms with E-state index >= 15 is 0 Å². The lowest BCUT2D eigenvalue weighted by molar-refractivity contribution is -0.112. The van der Waals surface area contributed by atoms with Crippen molar-refractivity contribution < 1.29 is 9.59 Å². The van der Waals surface area contributed by atoms with Gasteiger partial charge in [0.25, 0.3) is 0 Å². The molecular formula is C23H24N2O2. The Bertz CT molecular complexity index is 1010. The number of carbonyl (C=O) groups is 2. The number of amides is 2. The molecule has 0 radical (unpaired) electrons. The van der Waals surface area contributed by atoms with Gasteiger partial charge in [0.1, 0.15) is 0 Å². The number of carbonyl (C=O) groups excluding carboxylic acids is 2. The highest BCUT2D eigenvalue weighted by Crippen LogP contribution is 2.40. The minimum atomic E-state index is -0.402. The van der Waals surface area contributed by atoms with E-state index in [1.54, 1.807) is 12.1 Å². The van der Waals surface area contributed by atoms with Crippen LogP contribution >= 0.6 is 0 Å². The number of benzene rings is 2. The van der Waals surface area contributed by atoms with E-state index < -0.39 is 5.91 Å². The summed E-state index contributed by atoms with van der Waals surface area (Å²) in [7, 11) is 0. The Kier molecular flexibility index (Phi) is 5.00. The monoisotopic (exact) mass is 360 g/mol. The molecule has 0 bridgehead atoms. The van der Waals surface area contributed by atoms with E-state index in [1.807, 2.05) is 45.0 Å². The lowest BCUT2D eigenvalue weighted by Gasteiger charge is -2.17. The smallest absolute Gasteiger partial charge is 0.249 e. The van der Waals surface area contributed by atoms with Crippen molar-refractivity contribution in [2.45, 2.75) is 34.1 Å². The van der Waals surface area contributed by atoms with Crippen LogP contribution in [0, 0.1) is 6.92 Å². The Hall–Kier alpha value is -3.14. The molecule has 2 aromatic carbocycles. The molecule has 4 nitrogen and oxygen atoms in total. The van der Waals surface area contributed by atoms with E-state index in [0.29, 0.717) is 12.0 Å². The van der Waals surface area contributed by atoms with Crippen LogP contribution in [-0.2, 0) is 11.2 Å². The fourth-order valence-electron chi connectivity index (χ4n) is 3.62. The number of nitrogens with two attached hydrogens (primary N) is 1. The molecule has 27 heavy (non-hydrogen) atoms. The van der Waals surface area contributed by atoms with Crippen molar-refractivity contribution in [1.82, 2.24) is 0 Å². The van der Waals surface area contributed by atoms with Crippen LogP contribution in [0.25, 0.3) is 16.7 Å². The highest BCUT2D eigenvalue weighted by molar-refractivity contribution is 6.02. The Morgan fingerprint density at radius 3 is 2.48 bits per heavy atom. The zero-order valence-corrected chi connectivity index (χ0v) is 16.1. The first-order chi connectivity index (χ1) is 12.8. The molecule has 3 rings (SSSR count). The molecule has 0 spiro atoms. The van der Waals surface area contributed by atoms with Gasteiger partial charge in [0.05, 0.1) is 0 Å². The Morgan fingerprint density at radius 2 is 1.81 bits per heavy atom. The molecule has 2 aromatic rings. The van der Waals surface area contributed by atoms with Crippen molar-refractivity contribution in [1.29, 1.82) is 0 Å². The van der Waals surface area contributed by atoms with E-state index in [9.17, 15) is 9.59 Å². The molecule has 0 aromatic heterocycles. The Morgan fingerprint density at radius 1 is 1.07 bits per heavy atom. The standard InChI is InChI=1S/C23H24N2O2/c1-13(2)12-21(26)25-20-7-5-6-16(15(20)4)17-10-11-19(23(24)27)18-9-8-14(3)22(17)18/h5-8,10-12H,9H2,1-4H3,(H2,24,27)(H,25,26). The highest BCUT2D eigenvalue weighted by Gasteiger charge is 2.22. The number of primary amides is 1. The molecule has 0 saturated carbocycles. The van der Waals surface area contributed by atoms with E-state index in [0.717, 1.165) is 44.7 Å². The quantitative estimate of drug-likeness (QED) is 0.781. The van der Waals surface area contributed by atoms with Gasteiger partial charge in [0.15, 0.2) is 0 Å². The van der Waals surface area contributed by atoms with Crippen LogP contribution < -0.4 is 11.1 Å². The maximum Gasteiger partial charge on any atom is 0.249 e. The van der Waals surface area contributed by atoms with Gasteiger partial charge < -0.3 is 11.1 Å². The normalized spacial score (nSPS) is 12.2. The molecule has 0 unspecified atom stereocenters. The van der Waals surface area contributed by atoms with Gasteiger partial charge in [-0.05, 0) is 79.6 Å². The van der Waals surface area contributed by atoms with E-state index in [2.05, 4.69) is 18.3 Å². The summed E-state index contributed by atoms with van der Waals surface area (Å²) < 4.78 is 0. The van der Waals surface area contributed by atoms with Crippen LogP contribution in [0.2, 0.25) is 0 Å². The summed E-state index contributed by atoms with van der Waals surface area (Å²) >= 11 is 0. The molecule has 1 aliphatic carbocycles. The molecule has 3 N–H and O–H groups in total. The third kappa shape index (κ3) is 3.56. The molecule has 0 aliphatic heterocycles. The number of nitrogens with one attached hydrogen (secondary N) is 1. The number of hydrogen-bond donors (Lipinski definition) is 2. The van der Waals surface area contributed by atoms with Gasteiger partial charge in [0.2, 0.25) is 11.8 Å². The number of allylic oxidation sites excluding steroid dienone is 3. The van der Waals surface area contributed by atoms with Crippen molar-refractivity contribution in [3.8, 4) is 11.1 Å². The van der Waals surface area contributed by atoms with Crippen molar-refractivity contribution in [3.63, 3.8) is 0 Å². The molecule has 0 saturated heterocycles. The zero-order chi connectivity index (χ0) is 19.7. The fourth-order valence-corrected chi connectivity index (χ4v) is 3.62. The fraction of sp³-hybridized carbons (Fsp3) is 0.217. The van der Waals surface area contributed by atoms with Crippen molar-refractivity contribution in [3.05, 3.63) is 70.3 Å². The predicted octanol–water partition coefficient (Wildman–Crippen LogP) is 4.63. The second-order valence-electron chi connectivity index (χ2n) is 7.16. The van der Waals surface area contributed by atoms with Crippen LogP contribution in [0.4, 0.5) is 5.69 Å². The van der Waals surface area contributed by atoms with Crippen LogP contribution in [0.5, 0.6) is 0 Å². The number of rotatable bonds is 4. The van der Waals surface area contributed by atoms with E-state index in [-0.39, 0.29) is 5.91 Å². The third-order valence-corrected chi connectivity index (χ3v) is 4.89. The average Bonchev–Trinajstić information content (AvgIpc) is 2.97. The Labute approximate surface area is 159 Å². The predicted molar refractivity (Wildman–Crippen MR) is 111 cm³/mol. The molecule has 1 aliphatic rings. The maximum absolute atomic E-state index is 12.1. The first-order valence-electron chi connectivity index (χ1n) is 8.98. The van der Waals surface area contributed by atoms with Gasteiger partial charge in [-0.1, -0.05) is 29.8 Å². The van der Waals surface area contributed by atoms with Gasteiger partial charge in [-0.15, -0.1) is 0 Å². The van der Waals surface area contributed by atoms with Gasteiger partial charge in [-0.2, -0.15) is 0 Å². The van der Waals surface area contributed by atoms with Crippen LogP contribution in [0.3, 0.4) is 0 Å². The molecule has 0 atom stereocenters. The molecule has 138 valence electrons. The van der Waals surface area contributed by atoms with Crippen LogP contribution in [0.1, 0.15) is 47.8 Å². The van der Waals surface area contributed by atoms with Gasteiger partial charge in [-0.25, -0.2) is 0 Å². The first kappa shape index (κ1) is 18.6. The SMILES string of the molecule is CC(C)=CC(=O)Nc1cccc(-c2ccc(C(N)=O)c3c2C(C)=CC3)c1C. The number of hydrogen-bond acceptors (Lipinski definition) is 2. The number of fused-ring (bicyclic) bond motifs is 1. The molecule has 0 fully saturated rings. The summed E-state index contributed by atoms with van der Waals surface area (Å²) in [4.78, 5) is 23.9. The lowest BCUT2D eigenvalue weighted by Crippen LogP contribution is -2.14. The summed E-state index contributed by atoms with van der Waals surface area (Å²) in [6.07, 6.45) is 4.41. The molecular weight excluding hydrogens is 336 g/mol. The molecule has 2 amide bonds. The van der Waals surface area contributed by atoms with Crippen LogP contribution in [0.15, 0.2) is 48.1 Å². The lowest BCUT2D eigenvalue weighted by atomic mass is 9.89. The second kappa shape index (κ2) is 7.23.